The second-order valence-electron chi connectivity index (χ2n) is 5.23. The lowest BCUT2D eigenvalue weighted by atomic mass is 10.1. The van der Waals surface area contributed by atoms with Gasteiger partial charge in [-0.25, -0.2) is 18.0 Å². The number of anilines is 1. The van der Waals surface area contributed by atoms with Crippen molar-refractivity contribution in [1.82, 2.24) is 0 Å². The van der Waals surface area contributed by atoms with Crippen LogP contribution in [0, 0.1) is 0 Å². The molecule has 0 radical (unpaired) electrons. The Bertz CT molecular complexity index is 874. The summed E-state index contributed by atoms with van der Waals surface area (Å²) in [5.41, 5.74) is 0.356. The quantitative estimate of drug-likeness (QED) is 0.719. The van der Waals surface area contributed by atoms with E-state index in [0.29, 0.717) is 5.69 Å². The Kier molecular flexibility index (Phi) is 5.99. The molecule has 0 aliphatic carbocycles. The van der Waals surface area contributed by atoms with Crippen LogP contribution in [-0.2, 0) is 19.5 Å². The first-order valence-corrected chi connectivity index (χ1v) is 9.18. The molecule has 26 heavy (non-hydrogen) atoms. The maximum absolute atomic E-state index is 13.1. The summed E-state index contributed by atoms with van der Waals surface area (Å²) >= 11 is 0. The van der Waals surface area contributed by atoms with Crippen LogP contribution in [0.15, 0.2) is 53.4 Å². The summed E-state index contributed by atoms with van der Waals surface area (Å²) in [5.74, 6) is -1.51. The number of rotatable bonds is 6. The van der Waals surface area contributed by atoms with Crippen LogP contribution in [0.25, 0.3) is 0 Å². The molecule has 0 N–H and O–H groups in total. The van der Waals surface area contributed by atoms with Crippen LogP contribution >= 0.6 is 0 Å². The Morgan fingerprint density at radius 3 is 1.85 bits per heavy atom. The topological polar surface area (TPSA) is 90.0 Å². The van der Waals surface area contributed by atoms with E-state index in [1.807, 2.05) is 0 Å². The molecule has 138 valence electrons. The van der Waals surface area contributed by atoms with Gasteiger partial charge in [-0.15, -0.1) is 0 Å². The van der Waals surface area contributed by atoms with Crippen LogP contribution < -0.4 is 4.31 Å². The van der Waals surface area contributed by atoms with Crippen molar-refractivity contribution in [3.05, 3.63) is 59.7 Å². The van der Waals surface area contributed by atoms with E-state index in [-0.39, 0.29) is 22.6 Å². The summed E-state index contributed by atoms with van der Waals surface area (Å²) in [6.45, 7) is 1.86. The number of methoxy groups -OCH3 is 2. The maximum atomic E-state index is 13.1. The average Bonchev–Trinajstić information content (AvgIpc) is 2.67. The minimum atomic E-state index is -4.01. The lowest BCUT2D eigenvalue weighted by Crippen LogP contribution is -2.31. The van der Waals surface area contributed by atoms with Crippen molar-refractivity contribution in [2.75, 3.05) is 25.1 Å². The molecule has 0 saturated carbocycles. The van der Waals surface area contributed by atoms with Crippen LogP contribution in [0.4, 0.5) is 5.69 Å². The highest BCUT2D eigenvalue weighted by molar-refractivity contribution is 7.92. The number of para-hydroxylation sites is 1. The predicted molar refractivity (Wildman–Crippen MR) is 95.8 cm³/mol. The van der Waals surface area contributed by atoms with Crippen molar-refractivity contribution < 1.29 is 27.5 Å². The van der Waals surface area contributed by atoms with Crippen molar-refractivity contribution in [3.8, 4) is 0 Å². The third kappa shape index (κ3) is 3.85. The highest BCUT2D eigenvalue weighted by Gasteiger charge is 2.26. The van der Waals surface area contributed by atoms with Gasteiger partial charge in [0.15, 0.2) is 0 Å². The number of ether oxygens (including phenoxy) is 2. The highest BCUT2D eigenvalue weighted by Crippen LogP contribution is 2.25. The number of hydrogen-bond acceptors (Lipinski definition) is 6. The molecule has 0 unspecified atom stereocenters. The van der Waals surface area contributed by atoms with Gasteiger partial charge in [0.05, 0.1) is 35.9 Å². The van der Waals surface area contributed by atoms with Crippen LogP contribution in [0.1, 0.15) is 27.6 Å². The van der Waals surface area contributed by atoms with Gasteiger partial charge in [0.2, 0.25) is 0 Å². The normalized spacial score (nSPS) is 10.9. The Balaban J connectivity index is 2.64. The molecule has 2 rings (SSSR count). The Morgan fingerprint density at radius 1 is 0.923 bits per heavy atom. The van der Waals surface area contributed by atoms with Crippen LogP contribution in [0.5, 0.6) is 0 Å². The largest absolute Gasteiger partial charge is 0.465 e. The molecule has 2 aromatic rings. The molecule has 0 amide bonds. The zero-order valence-electron chi connectivity index (χ0n) is 14.6. The van der Waals surface area contributed by atoms with Gasteiger partial charge in [-0.1, -0.05) is 18.2 Å². The van der Waals surface area contributed by atoms with E-state index in [1.165, 1.54) is 36.7 Å². The van der Waals surface area contributed by atoms with Gasteiger partial charge in [0.25, 0.3) is 10.0 Å². The van der Waals surface area contributed by atoms with Gasteiger partial charge in [-0.05, 0) is 37.3 Å². The summed E-state index contributed by atoms with van der Waals surface area (Å²) in [6, 6.07) is 12.1. The predicted octanol–water partition coefficient (Wildman–Crippen LogP) is 2.48. The third-order valence-electron chi connectivity index (χ3n) is 3.67. The molecule has 0 heterocycles. The summed E-state index contributed by atoms with van der Waals surface area (Å²) in [6.07, 6.45) is 0. The first-order valence-electron chi connectivity index (χ1n) is 7.74. The van der Waals surface area contributed by atoms with Crippen LogP contribution in [0.3, 0.4) is 0 Å². The molecule has 0 aliphatic rings. The second-order valence-corrected chi connectivity index (χ2v) is 7.10. The first kappa shape index (κ1) is 19.5. The number of nitrogens with zero attached hydrogens (tertiary/aromatic N) is 1. The molecule has 0 saturated heterocycles. The molecule has 0 atom stereocenters. The Hall–Kier alpha value is -2.87. The fourth-order valence-corrected chi connectivity index (χ4v) is 3.98. The number of sulfonamides is 1. The van der Waals surface area contributed by atoms with Crippen LogP contribution in [-0.4, -0.2) is 41.1 Å². The Labute approximate surface area is 152 Å². The lowest BCUT2D eigenvalue weighted by molar-refractivity contribution is 0.0598. The minimum Gasteiger partial charge on any atom is -0.465 e. The molecule has 0 aliphatic heterocycles. The van der Waals surface area contributed by atoms with Gasteiger partial charge in [0, 0.05) is 6.54 Å². The third-order valence-corrected chi connectivity index (χ3v) is 5.55. The van der Waals surface area contributed by atoms with Crippen molar-refractivity contribution in [2.45, 2.75) is 11.8 Å². The van der Waals surface area contributed by atoms with Crippen molar-refractivity contribution in [1.29, 1.82) is 0 Å². The molecular formula is C18H19NO6S. The number of esters is 2. The van der Waals surface area contributed by atoms with Crippen LogP contribution in [0.2, 0.25) is 0 Å². The molecule has 0 bridgehead atoms. The fraction of sp³-hybridized carbons (Fsp3) is 0.222. The zero-order chi connectivity index (χ0) is 19.3. The number of carbonyl (C=O) groups excluding carboxylic acids is 2. The molecule has 0 fully saturated rings. The van der Waals surface area contributed by atoms with E-state index in [9.17, 15) is 18.0 Å². The van der Waals surface area contributed by atoms with Gasteiger partial charge < -0.3 is 9.47 Å². The lowest BCUT2D eigenvalue weighted by Gasteiger charge is -2.23. The monoisotopic (exact) mass is 377 g/mol. The summed E-state index contributed by atoms with van der Waals surface area (Å²) in [5, 5.41) is 0. The standard InChI is InChI=1S/C18H19NO6S/c1-4-19(15-8-6-5-7-9-15)26(22,23)16-11-13(17(20)24-2)10-14(12-16)18(21)25-3/h5-12H,4H2,1-3H3. The van der Waals surface area contributed by atoms with Gasteiger partial charge in [-0.2, -0.15) is 0 Å². The number of benzene rings is 2. The van der Waals surface area contributed by atoms with Crippen molar-refractivity contribution in [3.63, 3.8) is 0 Å². The van der Waals surface area contributed by atoms with Crippen molar-refractivity contribution >= 4 is 27.6 Å². The molecule has 2 aromatic carbocycles. The van der Waals surface area contributed by atoms with Gasteiger partial charge in [-0.3, -0.25) is 4.31 Å². The highest BCUT2D eigenvalue weighted by atomic mass is 32.2. The zero-order valence-corrected chi connectivity index (χ0v) is 15.4. The molecule has 7 nitrogen and oxygen atoms in total. The molecular weight excluding hydrogens is 358 g/mol. The van der Waals surface area contributed by atoms with E-state index < -0.39 is 22.0 Å². The summed E-state index contributed by atoms with van der Waals surface area (Å²) < 4.78 is 36.7. The number of carbonyl (C=O) groups is 2. The minimum absolute atomic E-state index is 0.0573. The maximum Gasteiger partial charge on any atom is 0.337 e. The average molecular weight is 377 g/mol. The van der Waals surface area contributed by atoms with E-state index >= 15 is 0 Å². The van der Waals surface area contributed by atoms with E-state index in [2.05, 4.69) is 9.47 Å². The fourth-order valence-electron chi connectivity index (χ4n) is 2.43. The first-order chi connectivity index (χ1) is 12.3. The Morgan fingerprint density at radius 2 is 1.42 bits per heavy atom. The van der Waals surface area contributed by atoms with E-state index in [1.54, 1.807) is 37.3 Å². The van der Waals surface area contributed by atoms with E-state index in [0.717, 1.165) is 0 Å². The second kappa shape index (κ2) is 8.01. The molecule has 0 spiro atoms. The molecule has 8 heteroatoms. The van der Waals surface area contributed by atoms with Crippen molar-refractivity contribution in [2.24, 2.45) is 0 Å². The van der Waals surface area contributed by atoms with E-state index in [4.69, 9.17) is 0 Å². The smallest absolute Gasteiger partial charge is 0.337 e. The summed E-state index contributed by atoms with van der Waals surface area (Å²) in [4.78, 5) is 23.6. The summed E-state index contributed by atoms with van der Waals surface area (Å²) in [7, 11) is -1.67. The van der Waals surface area contributed by atoms with Gasteiger partial charge in [0.1, 0.15) is 0 Å². The molecule has 0 aromatic heterocycles. The SMILES string of the molecule is CCN(c1ccccc1)S(=O)(=O)c1cc(C(=O)OC)cc(C(=O)OC)c1. The van der Waals surface area contributed by atoms with Gasteiger partial charge >= 0.3 is 11.9 Å². The number of hydrogen-bond donors (Lipinski definition) is 0.